The Labute approximate surface area is 577 Å². The van der Waals surface area contributed by atoms with Crippen LogP contribution >= 0.6 is 11.3 Å². The predicted molar refractivity (Wildman–Crippen MR) is 417 cm³/mol. The van der Waals surface area contributed by atoms with E-state index in [0.717, 1.165) is 29.2 Å². The SMILES string of the molecule is CC1(C)c2cc3ccccc3cc2-c2cccc(N(c3cc4c(cc3N(c3ccccc3)c3ccc5c(c3)C(C)(C)c3c-5ccc5ccccc35)sc3cc(-c5ccc6c(c5)-c5ccccc5C(c5ccccc5)C6)ccc34)c3cccc4c3C(C)(C)c3ccc5ccccc5c3-4)c21. The molecule has 0 N–H and O–H groups in total. The zero-order valence-electron chi connectivity index (χ0n) is 55.9. The van der Waals surface area contributed by atoms with Crippen LogP contribution in [0.2, 0.25) is 0 Å². The van der Waals surface area contributed by atoms with Gasteiger partial charge in [0.25, 0.3) is 0 Å². The highest BCUT2D eigenvalue weighted by Crippen LogP contribution is 2.62. The third-order valence-electron chi connectivity index (χ3n) is 23.1. The lowest BCUT2D eigenvalue weighted by molar-refractivity contribution is 0.656. The summed E-state index contributed by atoms with van der Waals surface area (Å²) >= 11 is 1.91. The van der Waals surface area contributed by atoms with Gasteiger partial charge in [0, 0.05) is 53.7 Å². The van der Waals surface area contributed by atoms with Crippen LogP contribution in [-0.4, -0.2) is 0 Å². The van der Waals surface area contributed by atoms with Gasteiger partial charge in [0.2, 0.25) is 0 Å². The molecule has 0 aliphatic heterocycles. The van der Waals surface area contributed by atoms with Gasteiger partial charge in [0.15, 0.2) is 0 Å². The molecule has 0 radical (unpaired) electrons. The topological polar surface area (TPSA) is 6.48 Å². The molecule has 2 nitrogen and oxygen atoms in total. The monoisotopic (exact) mass is 1270 g/mol. The molecular formula is C95H70N2S. The number of anilines is 6. The van der Waals surface area contributed by atoms with Crippen molar-refractivity contribution in [2.75, 3.05) is 9.80 Å². The molecule has 4 aliphatic rings. The second-order valence-electron chi connectivity index (χ2n) is 29.5. The Morgan fingerprint density at radius 3 is 1.67 bits per heavy atom. The van der Waals surface area contributed by atoms with Gasteiger partial charge in [-0.25, -0.2) is 0 Å². The molecule has 0 saturated heterocycles. The maximum atomic E-state index is 2.73. The molecule has 1 unspecified atom stereocenters. The highest BCUT2D eigenvalue weighted by molar-refractivity contribution is 7.25. The summed E-state index contributed by atoms with van der Waals surface area (Å²) in [6.07, 6.45) is 0.974. The van der Waals surface area contributed by atoms with Gasteiger partial charge < -0.3 is 9.80 Å². The number of fused-ring (bicyclic) bond motifs is 20. The van der Waals surface area contributed by atoms with Gasteiger partial charge in [0.05, 0.1) is 22.7 Å². The number of hydrogen-bond donors (Lipinski definition) is 0. The van der Waals surface area contributed by atoms with E-state index >= 15 is 0 Å². The van der Waals surface area contributed by atoms with Crippen LogP contribution in [0.25, 0.3) is 108 Å². The molecule has 20 rings (SSSR count). The second-order valence-corrected chi connectivity index (χ2v) is 30.5. The molecule has 4 aliphatic carbocycles. The van der Waals surface area contributed by atoms with Crippen LogP contribution < -0.4 is 9.80 Å². The van der Waals surface area contributed by atoms with Crippen LogP contribution in [0.4, 0.5) is 34.1 Å². The number of hydrogen-bond acceptors (Lipinski definition) is 3. The predicted octanol–water partition coefficient (Wildman–Crippen LogP) is 26.4. The zero-order chi connectivity index (χ0) is 65.5. The minimum Gasteiger partial charge on any atom is -0.308 e. The van der Waals surface area contributed by atoms with E-state index < -0.39 is 5.41 Å². The maximum Gasteiger partial charge on any atom is 0.0716 e. The van der Waals surface area contributed by atoms with Crippen molar-refractivity contribution < 1.29 is 0 Å². The minimum absolute atomic E-state index is 0.288. The molecule has 0 amide bonds. The molecular weight excluding hydrogens is 1200 g/mol. The van der Waals surface area contributed by atoms with Crippen LogP contribution in [0.15, 0.2) is 297 Å². The maximum absolute atomic E-state index is 2.73. The Morgan fingerprint density at radius 2 is 0.878 bits per heavy atom. The summed E-state index contributed by atoms with van der Waals surface area (Å²) in [6.45, 7) is 14.7. The Hall–Kier alpha value is -11.1. The molecule has 3 heteroatoms. The van der Waals surface area contributed by atoms with E-state index in [-0.39, 0.29) is 10.8 Å². The van der Waals surface area contributed by atoms with E-state index in [1.54, 1.807) is 0 Å². The van der Waals surface area contributed by atoms with Crippen molar-refractivity contribution >= 4 is 98.0 Å². The first-order chi connectivity index (χ1) is 47.9. The second kappa shape index (κ2) is 21.0. The lowest BCUT2D eigenvalue weighted by atomic mass is 9.75. The van der Waals surface area contributed by atoms with Crippen LogP contribution in [0.1, 0.15) is 97.5 Å². The van der Waals surface area contributed by atoms with Gasteiger partial charge in [0.1, 0.15) is 0 Å². The standard InChI is InChI=1S/C95H70N2S/c1-93(2)80-48-43-58-25-15-17-31-67(58)89(80)75-36-22-38-84(92(75)93)97(83-37-21-35-73-78-50-60-27-13-14-28-61(60)52-81(78)95(5,6)91(73)83)85-55-79-72-45-42-63(62-39-40-64-51-76(57-23-9-7-10-24-57)69-33-19-20-34-70(69)77(64)49-62)53-87(72)98-88(79)56-86(85)96(65-29-11-8-12-30-65)66-44-47-71-74-46-41-59-26-16-18-32-68(59)90(74)94(3,4)82(71)54-66/h7-50,52-56,76H,51H2,1-6H3. The number of benzene rings is 15. The van der Waals surface area contributed by atoms with Crippen molar-refractivity contribution in [3.05, 3.63) is 347 Å². The molecule has 1 heterocycles. The number of para-hydroxylation sites is 1. The number of rotatable bonds is 8. The molecule has 466 valence electrons. The van der Waals surface area contributed by atoms with Gasteiger partial charge >= 0.3 is 0 Å². The molecule has 1 aromatic heterocycles. The largest absolute Gasteiger partial charge is 0.308 e. The highest BCUT2D eigenvalue weighted by atomic mass is 32.1. The lowest BCUT2D eigenvalue weighted by Gasteiger charge is -2.38. The fraction of sp³-hybridized carbons (Fsp3) is 0.116. The van der Waals surface area contributed by atoms with Gasteiger partial charge in [-0.2, -0.15) is 0 Å². The van der Waals surface area contributed by atoms with Crippen molar-refractivity contribution in [3.63, 3.8) is 0 Å². The van der Waals surface area contributed by atoms with Crippen molar-refractivity contribution in [3.8, 4) is 55.6 Å². The number of nitrogens with zero attached hydrogens (tertiary/aromatic N) is 2. The average Bonchev–Trinajstić information content (AvgIpc) is 1.53. The smallest absolute Gasteiger partial charge is 0.0716 e. The lowest BCUT2D eigenvalue weighted by Crippen LogP contribution is -2.25. The Kier molecular flexibility index (Phi) is 12.2. The molecule has 15 aromatic carbocycles. The van der Waals surface area contributed by atoms with Gasteiger partial charge in [-0.15, -0.1) is 11.3 Å². The fourth-order valence-corrected chi connectivity index (χ4v) is 19.7. The summed E-state index contributed by atoms with van der Waals surface area (Å²) in [5, 5.41) is 10.1. The molecule has 0 spiro atoms. The van der Waals surface area contributed by atoms with Crippen LogP contribution in [0.3, 0.4) is 0 Å². The molecule has 1 atom stereocenters. The zero-order valence-corrected chi connectivity index (χ0v) is 56.7. The van der Waals surface area contributed by atoms with Crippen LogP contribution in [-0.2, 0) is 22.7 Å². The van der Waals surface area contributed by atoms with E-state index in [0.29, 0.717) is 5.92 Å². The van der Waals surface area contributed by atoms with E-state index in [4.69, 9.17) is 0 Å². The van der Waals surface area contributed by atoms with Crippen molar-refractivity contribution in [2.45, 2.75) is 70.1 Å². The van der Waals surface area contributed by atoms with Crippen LogP contribution in [0, 0.1) is 0 Å². The quantitative estimate of drug-likeness (QED) is 0.150. The minimum atomic E-state index is -0.391. The van der Waals surface area contributed by atoms with Gasteiger partial charge in [-0.1, -0.05) is 266 Å². The van der Waals surface area contributed by atoms with Crippen molar-refractivity contribution in [2.24, 2.45) is 0 Å². The summed E-state index contributed by atoms with van der Waals surface area (Å²) in [5.41, 5.74) is 30.9. The summed E-state index contributed by atoms with van der Waals surface area (Å²) in [5.74, 6) is 0.314. The first-order valence-electron chi connectivity index (χ1n) is 34.8. The summed E-state index contributed by atoms with van der Waals surface area (Å²) in [6, 6.07) is 114. The number of thiophene rings is 1. The summed E-state index contributed by atoms with van der Waals surface area (Å²) in [4.78, 5) is 5.32. The first-order valence-corrected chi connectivity index (χ1v) is 35.6. The molecule has 98 heavy (non-hydrogen) atoms. The third kappa shape index (κ3) is 8.20. The van der Waals surface area contributed by atoms with E-state index in [1.165, 1.54) is 170 Å². The third-order valence-corrected chi connectivity index (χ3v) is 24.2. The molecule has 0 bridgehead atoms. The normalized spacial score (nSPS) is 15.3. The molecule has 0 fully saturated rings. The van der Waals surface area contributed by atoms with E-state index in [9.17, 15) is 0 Å². The van der Waals surface area contributed by atoms with Crippen LogP contribution in [0.5, 0.6) is 0 Å². The highest BCUT2D eigenvalue weighted by Gasteiger charge is 2.45. The molecule has 0 saturated carbocycles. The summed E-state index contributed by atoms with van der Waals surface area (Å²) in [7, 11) is 0. The Bertz CT molecular complexity index is 6080. The molecule has 16 aromatic rings. The fourth-order valence-electron chi connectivity index (χ4n) is 18.5. The Morgan fingerprint density at radius 1 is 0.306 bits per heavy atom. The van der Waals surface area contributed by atoms with Gasteiger partial charge in [-0.3, -0.25) is 0 Å². The average molecular weight is 1270 g/mol. The van der Waals surface area contributed by atoms with E-state index in [2.05, 4.69) is 349 Å². The van der Waals surface area contributed by atoms with Crippen molar-refractivity contribution in [1.82, 2.24) is 0 Å². The first kappa shape index (κ1) is 57.2. The van der Waals surface area contributed by atoms with Crippen molar-refractivity contribution in [1.29, 1.82) is 0 Å². The van der Waals surface area contributed by atoms with Gasteiger partial charge in [-0.05, 0) is 217 Å². The summed E-state index contributed by atoms with van der Waals surface area (Å²) < 4.78 is 2.50. The van der Waals surface area contributed by atoms with E-state index in [1.807, 2.05) is 11.3 Å². The Balaban J connectivity index is 0.857.